The zero-order valence-electron chi connectivity index (χ0n) is 8.89. The van der Waals surface area contributed by atoms with Crippen molar-refractivity contribution in [2.45, 2.75) is 38.0 Å². The minimum atomic E-state index is -2.34. The minimum Gasteiger partial charge on any atom is -0.433 e. The summed E-state index contributed by atoms with van der Waals surface area (Å²) in [6.07, 6.45) is 0.789. The molecule has 7 heteroatoms. The second-order valence-electron chi connectivity index (χ2n) is 3.62. The Morgan fingerprint density at radius 2 is 1.33 bits per heavy atom. The second kappa shape index (κ2) is 6.52. The van der Waals surface area contributed by atoms with Gasteiger partial charge in [0.15, 0.2) is 0 Å². The average molecular weight is 281 g/mol. The van der Waals surface area contributed by atoms with Gasteiger partial charge in [-0.1, -0.05) is 0 Å². The highest BCUT2D eigenvalue weighted by Crippen LogP contribution is 2.28. The minimum absolute atomic E-state index is 0.395. The predicted molar refractivity (Wildman–Crippen MR) is 66.1 cm³/mol. The lowest BCUT2D eigenvalue weighted by molar-refractivity contribution is 0.568. The molecule has 3 nitrogen and oxygen atoms in total. The maximum absolute atomic E-state index is 8.46. The first-order valence-electron chi connectivity index (χ1n) is 4.65. The molecule has 0 radical (unpaired) electrons. The Balaban J connectivity index is 4.18. The van der Waals surface area contributed by atoms with Crippen molar-refractivity contribution in [1.29, 1.82) is 10.5 Å². The Labute approximate surface area is 102 Å². The largest absolute Gasteiger partial charge is 0.433 e. The smallest absolute Gasteiger partial charge is 0.278 e. The van der Waals surface area contributed by atoms with E-state index < -0.39 is 15.3 Å². The van der Waals surface area contributed by atoms with E-state index in [9.17, 15) is 0 Å². The first kappa shape index (κ1) is 15.0. The maximum atomic E-state index is 8.46. The zero-order chi connectivity index (χ0) is 11.9. The first-order valence-corrected chi connectivity index (χ1v) is 11.9. The van der Waals surface area contributed by atoms with E-state index in [1.54, 1.807) is 0 Å². The summed E-state index contributed by atoms with van der Waals surface area (Å²) in [5, 5.41) is 16.9. The highest BCUT2D eigenvalue weighted by atomic mass is 35.6. The summed E-state index contributed by atoms with van der Waals surface area (Å²) in [7, 11) is -4.68. The molecule has 0 heterocycles. The van der Waals surface area contributed by atoms with Gasteiger partial charge in [0.2, 0.25) is 0 Å². The lowest BCUT2D eigenvalue weighted by Crippen LogP contribution is -2.40. The van der Waals surface area contributed by atoms with Gasteiger partial charge in [0, 0.05) is 12.8 Å². The molecule has 15 heavy (non-hydrogen) atoms. The normalized spacial score (nSPS) is 18.3. The fraction of sp³-hybridized carbons (Fsp3) is 0.750. The fourth-order valence-corrected chi connectivity index (χ4v) is 10.6. The number of rotatable bonds is 6. The summed E-state index contributed by atoms with van der Waals surface area (Å²) in [6.45, 7) is 3.68. The summed E-state index contributed by atoms with van der Waals surface area (Å²) >= 11 is 12.4. The van der Waals surface area contributed by atoms with Crippen LogP contribution in [-0.2, 0) is 4.12 Å². The van der Waals surface area contributed by atoms with Gasteiger partial charge in [-0.15, -0.1) is 22.2 Å². The third-order valence-corrected chi connectivity index (χ3v) is 10.0. The Morgan fingerprint density at radius 1 is 1.00 bits per heavy atom. The van der Waals surface area contributed by atoms with E-state index >= 15 is 0 Å². The molecule has 0 aliphatic carbocycles. The molecular weight excluding hydrogens is 267 g/mol. The van der Waals surface area contributed by atoms with Crippen LogP contribution in [0.5, 0.6) is 0 Å². The topological polar surface area (TPSA) is 56.8 Å². The van der Waals surface area contributed by atoms with Gasteiger partial charge in [0.25, 0.3) is 15.3 Å². The molecule has 0 aliphatic heterocycles. The van der Waals surface area contributed by atoms with Crippen molar-refractivity contribution >= 4 is 37.4 Å². The van der Waals surface area contributed by atoms with Crippen LogP contribution in [0.1, 0.15) is 12.8 Å². The van der Waals surface area contributed by atoms with Crippen LogP contribution in [0.2, 0.25) is 25.2 Å². The molecule has 2 atom stereocenters. The molecule has 2 unspecified atom stereocenters. The van der Waals surface area contributed by atoms with Crippen LogP contribution < -0.4 is 0 Å². The molecule has 0 amide bonds. The van der Waals surface area contributed by atoms with E-state index in [4.69, 9.17) is 36.8 Å². The molecule has 0 aromatic heterocycles. The third kappa shape index (κ3) is 7.83. The van der Waals surface area contributed by atoms with Crippen molar-refractivity contribution in [3.8, 4) is 12.1 Å². The quantitative estimate of drug-likeness (QED) is 0.553. The van der Waals surface area contributed by atoms with Gasteiger partial charge in [-0.25, -0.2) is 0 Å². The van der Waals surface area contributed by atoms with E-state index in [0.29, 0.717) is 24.9 Å². The van der Waals surface area contributed by atoms with E-state index in [1.807, 2.05) is 25.2 Å². The standard InChI is InChI=1S/C8H14Cl2N2OSi2/c1-14(9,7-3-5-11)13-15(2,10)8-4-6-12/h3-4,7-8H2,1-2H3. The van der Waals surface area contributed by atoms with Crippen LogP contribution in [0.3, 0.4) is 0 Å². The SMILES string of the molecule is C[Si](Cl)(CCC#N)O[Si](C)(Cl)CCC#N. The number of hydrogen-bond donors (Lipinski definition) is 0. The van der Waals surface area contributed by atoms with Gasteiger partial charge >= 0.3 is 0 Å². The maximum Gasteiger partial charge on any atom is 0.278 e. The number of nitrogens with zero attached hydrogens (tertiary/aromatic N) is 2. The van der Waals surface area contributed by atoms with Crippen LogP contribution >= 0.6 is 22.2 Å². The monoisotopic (exact) mass is 280 g/mol. The van der Waals surface area contributed by atoms with Crippen LogP contribution in [0.4, 0.5) is 0 Å². The van der Waals surface area contributed by atoms with E-state index in [-0.39, 0.29) is 0 Å². The van der Waals surface area contributed by atoms with Crippen molar-refractivity contribution in [3.05, 3.63) is 0 Å². The lowest BCUT2D eigenvalue weighted by atomic mass is 10.6. The molecule has 0 aromatic rings. The molecule has 0 aromatic carbocycles. The summed E-state index contributed by atoms with van der Waals surface area (Å²) in [6, 6.07) is 5.24. The molecule has 0 saturated carbocycles. The van der Waals surface area contributed by atoms with Gasteiger partial charge in [-0.3, -0.25) is 0 Å². The summed E-state index contributed by atoms with van der Waals surface area (Å²) in [5.41, 5.74) is 0. The highest BCUT2D eigenvalue weighted by molar-refractivity contribution is 7.25. The van der Waals surface area contributed by atoms with E-state index in [0.717, 1.165) is 0 Å². The second-order valence-corrected chi connectivity index (χ2v) is 14.6. The van der Waals surface area contributed by atoms with Crippen molar-refractivity contribution in [1.82, 2.24) is 0 Å². The van der Waals surface area contributed by atoms with Crippen molar-refractivity contribution in [2.75, 3.05) is 0 Å². The summed E-state index contributed by atoms with van der Waals surface area (Å²) in [5.74, 6) is 0. The molecule has 0 saturated heterocycles. The van der Waals surface area contributed by atoms with Gasteiger partial charge in [-0.05, 0) is 25.2 Å². The number of hydrogen-bond acceptors (Lipinski definition) is 3. The van der Waals surface area contributed by atoms with Gasteiger partial charge in [0.1, 0.15) is 0 Å². The number of nitriles is 2. The molecule has 0 bridgehead atoms. The van der Waals surface area contributed by atoms with Crippen LogP contribution in [0.25, 0.3) is 0 Å². The predicted octanol–water partition coefficient (Wildman–Crippen LogP) is 3.45. The molecule has 0 N–H and O–H groups in total. The van der Waals surface area contributed by atoms with Gasteiger partial charge in [0.05, 0.1) is 12.1 Å². The molecule has 0 aliphatic rings. The molecule has 0 rings (SSSR count). The average Bonchev–Trinajstić information content (AvgIpc) is 2.10. The van der Waals surface area contributed by atoms with Crippen LogP contribution in [-0.4, -0.2) is 15.3 Å². The van der Waals surface area contributed by atoms with Crippen molar-refractivity contribution < 1.29 is 4.12 Å². The molecule has 0 spiro atoms. The third-order valence-electron chi connectivity index (χ3n) is 1.79. The van der Waals surface area contributed by atoms with Crippen LogP contribution in [0.15, 0.2) is 0 Å². The Hall–Kier alpha value is -0.0462. The van der Waals surface area contributed by atoms with Crippen molar-refractivity contribution in [2.24, 2.45) is 0 Å². The van der Waals surface area contributed by atoms with Gasteiger partial charge < -0.3 is 4.12 Å². The highest BCUT2D eigenvalue weighted by Gasteiger charge is 2.37. The number of halogens is 2. The lowest BCUT2D eigenvalue weighted by Gasteiger charge is -2.28. The summed E-state index contributed by atoms with van der Waals surface area (Å²) < 4.78 is 5.74. The van der Waals surface area contributed by atoms with E-state index in [2.05, 4.69) is 0 Å². The zero-order valence-corrected chi connectivity index (χ0v) is 12.4. The Kier molecular flexibility index (Phi) is 6.50. The fourth-order valence-electron chi connectivity index (χ4n) is 1.10. The van der Waals surface area contributed by atoms with E-state index in [1.165, 1.54) is 0 Å². The van der Waals surface area contributed by atoms with Crippen LogP contribution in [0, 0.1) is 22.7 Å². The molecule has 84 valence electrons. The first-order chi connectivity index (χ1) is 6.83. The molecular formula is C8H14Cl2N2OSi2. The van der Waals surface area contributed by atoms with Gasteiger partial charge in [-0.2, -0.15) is 10.5 Å². The summed E-state index contributed by atoms with van der Waals surface area (Å²) in [4.78, 5) is 0. The molecule has 0 fully saturated rings. The Bertz CT molecular complexity index is 255. The Morgan fingerprint density at radius 3 is 1.60 bits per heavy atom. The van der Waals surface area contributed by atoms with Crippen molar-refractivity contribution in [3.63, 3.8) is 0 Å².